The van der Waals surface area contributed by atoms with Crippen LogP contribution >= 0.6 is 11.6 Å². The van der Waals surface area contributed by atoms with Crippen molar-refractivity contribution in [2.24, 2.45) is 0 Å². The van der Waals surface area contributed by atoms with Crippen molar-refractivity contribution in [3.63, 3.8) is 0 Å². The molecule has 7 nitrogen and oxygen atoms in total. The fraction of sp³-hybridized carbons (Fsp3) is 0.517. The second-order valence-electron chi connectivity index (χ2n) is 10.5. The first-order chi connectivity index (χ1) is 17.9. The second kappa shape index (κ2) is 11.0. The van der Waals surface area contributed by atoms with E-state index in [2.05, 4.69) is 44.1 Å². The van der Waals surface area contributed by atoms with Gasteiger partial charge < -0.3 is 20.1 Å². The van der Waals surface area contributed by atoms with E-state index in [-0.39, 0.29) is 5.88 Å². The molecular formula is C29H38ClN5O2. The van der Waals surface area contributed by atoms with Crippen LogP contribution in [0.5, 0.6) is 5.88 Å². The fourth-order valence-corrected chi connectivity index (χ4v) is 6.33. The van der Waals surface area contributed by atoms with Crippen molar-refractivity contribution in [3.8, 4) is 5.88 Å². The minimum absolute atomic E-state index is 0.0627. The molecule has 2 aliphatic rings. The fourth-order valence-electron chi connectivity index (χ4n) is 6.12. The van der Waals surface area contributed by atoms with Gasteiger partial charge in [0.1, 0.15) is 5.82 Å². The third-order valence-electron chi connectivity index (χ3n) is 8.19. The van der Waals surface area contributed by atoms with Crippen LogP contribution in [0.25, 0.3) is 10.8 Å². The molecule has 2 N–H and O–H groups in total. The molecule has 0 unspecified atom stereocenters. The SMILES string of the molecule is CCN(c1cc(Cl)cc2c(NCc3c(C)cc(C)nc3O)nccc12)[C@H]1CC[C@@H](N2CC(OC)C2)CC1. The molecule has 8 heteroatoms. The number of nitrogens with zero attached hydrogens (tertiary/aromatic N) is 4. The van der Waals surface area contributed by atoms with E-state index in [1.54, 1.807) is 0 Å². The Hall–Kier alpha value is -2.61. The van der Waals surface area contributed by atoms with Gasteiger partial charge in [0.25, 0.3) is 0 Å². The van der Waals surface area contributed by atoms with E-state index in [1.807, 2.05) is 39.3 Å². The van der Waals surface area contributed by atoms with Crippen LogP contribution < -0.4 is 10.2 Å². The molecule has 5 rings (SSSR count). The zero-order valence-corrected chi connectivity index (χ0v) is 23.1. The molecule has 1 aliphatic heterocycles. The van der Waals surface area contributed by atoms with Crippen LogP contribution in [-0.2, 0) is 11.3 Å². The van der Waals surface area contributed by atoms with Crippen LogP contribution in [0.4, 0.5) is 11.5 Å². The summed E-state index contributed by atoms with van der Waals surface area (Å²) in [7, 11) is 1.81. The number of halogens is 1. The molecule has 1 saturated heterocycles. The first-order valence-electron chi connectivity index (χ1n) is 13.4. The lowest BCUT2D eigenvalue weighted by Gasteiger charge is -2.47. The van der Waals surface area contributed by atoms with E-state index >= 15 is 0 Å². The Morgan fingerprint density at radius 3 is 2.57 bits per heavy atom. The zero-order chi connectivity index (χ0) is 26.1. The van der Waals surface area contributed by atoms with Gasteiger partial charge in [-0.2, -0.15) is 0 Å². The molecule has 0 atom stereocenters. The number of hydrogen-bond donors (Lipinski definition) is 2. The maximum absolute atomic E-state index is 10.4. The van der Waals surface area contributed by atoms with E-state index in [4.69, 9.17) is 16.3 Å². The third-order valence-corrected chi connectivity index (χ3v) is 8.41. The maximum atomic E-state index is 10.4. The van der Waals surface area contributed by atoms with Crippen LogP contribution in [0.3, 0.4) is 0 Å². The van der Waals surface area contributed by atoms with Crippen molar-refractivity contribution < 1.29 is 9.84 Å². The van der Waals surface area contributed by atoms with Crippen LogP contribution in [0.2, 0.25) is 5.02 Å². The summed E-state index contributed by atoms with van der Waals surface area (Å²) >= 11 is 6.69. The quantitative estimate of drug-likeness (QED) is 0.393. The molecule has 0 spiro atoms. The van der Waals surface area contributed by atoms with Gasteiger partial charge in [-0.1, -0.05) is 11.6 Å². The summed E-state index contributed by atoms with van der Waals surface area (Å²) in [6.07, 6.45) is 7.05. The number of aromatic nitrogens is 2. The molecule has 37 heavy (non-hydrogen) atoms. The van der Waals surface area contributed by atoms with Gasteiger partial charge >= 0.3 is 0 Å². The Morgan fingerprint density at radius 2 is 1.89 bits per heavy atom. The lowest BCUT2D eigenvalue weighted by Crippen LogP contribution is -2.57. The molecule has 0 amide bonds. The number of hydrogen-bond acceptors (Lipinski definition) is 7. The van der Waals surface area contributed by atoms with Gasteiger partial charge in [-0.25, -0.2) is 9.97 Å². The Morgan fingerprint density at radius 1 is 1.14 bits per heavy atom. The molecule has 1 aliphatic carbocycles. The van der Waals surface area contributed by atoms with Gasteiger partial charge in [0.2, 0.25) is 5.88 Å². The molecule has 2 fully saturated rings. The summed E-state index contributed by atoms with van der Waals surface area (Å²) in [6, 6.07) is 9.31. The molecule has 1 saturated carbocycles. The highest BCUT2D eigenvalue weighted by molar-refractivity contribution is 6.32. The predicted octanol–water partition coefficient (Wildman–Crippen LogP) is 5.69. The van der Waals surface area contributed by atoms with Crippen LogP contribution in [-0.4, -0.2) is 64.9 Å². The number of aromatic hydroxyl groups is 1. The van der Waals surface area contributed by atoms with E-state index in [1.165, 1.54) is 31.4 Å². The summed E-state index contributed by atoms with van der Waals surface area (Å²) in [4.78, 5) is 14.0. The number of methoxy groups -OCH3 is 1. The van der Waals surface area contributed by atoms with Gasteiger partial charge in [-0.3, -0.25) is 4.90 Å². The van der Waals surface area contributed by atoms with E-state index in [9.17, 15) is 5.11 Å². The molecule has 2 aromatic heterocycles. The number of pyridine rings is 2. The summed E-state index contributed by atoms with van der Waals surface area (Å²) in [5.41, 5.74) is 3.74. The average Bonchev–Trinajstić information content (AvgIpc) is 2.84. The van der Waals surface area contributed by atoms with Crippen LogP contribution in [0, 0.1) is 13.8 Å². The highest BCUT2D eigenvalue weighted by Gasteiger charge is 2.35. The minimum Gasteiger partial charge on any atom is -0.493 e. The number of likely N-dealkylation sites (tertiary alicyclic amines) is 1. The second-order valence-corrected chi connectivity index (χ2v) is 10.9. The van der Waals surface area contributed by atoms with Gasteiger partial charge in [0.15, 0.2) is 0 Å². The van der Waals surface area contributed by atoms with E-state index in [0.29, 0.717) is 29.8 Å². The van der Waals surface area contributed by atoms with Crippen molar-refractivity contribution >= 4 is 33.9 Å². The van der Waals surface area contributed by atoms with E-state index in [0.717, 1.165) is 53.0 Å². The monoisotopic (exact) mass is 523 g/mol. The highest BCUT2D eigenvalue weighted by Crippen LogP contribution is 2.38. The Labute approximate surface area is 224 Å². The number of nitrogens with one attached hydrogen (secondary N) is 1. The average molecular weight is 524 g/mol. The van der Waals surface area contributed by atoms with Gasteiger partial charge in [-0.05, 0) is 76.3 Å². The molecular weight excluding hydrogens is 486 g/mol. The topological polar surface area (TPSA) is 73.8 Å². The summed E-state index contributed by atoms with van der Waals surface area (Å²) in [5.74, 6) is 0.818. The molecule has 0 radical (unpaired) electrons. The number of anilines is 2. The number of rotatable bonds is 8. The van der Waals surface area contributed by atoms with Crippen molar-refractivity contribution in [2.75, 3.05) is 37.0 Å². The van der Waals surface area contributed by atoms with E-state index < -0.39 is 0 Å². The summed E-state index contributed by atoms with van der Waals surface area (Å²) in [5, 5.41) is 16.6. The number of fused-ring (bicyclic) bond motifs is 1. The van der Waals surface area contributed by atoms with Crippen LogP contribution in [0.15, 0.2) is 30.5 Å². The lowest BCUT2D eigenvalue weighted by molar-refractivity contribution is -0.0578. The van der Waals surface area contributed by atoms with Gasteiger partial charge in [-0.15, -0.1) is 0 Å². The van der Waals surface area contributed by atoms with Gasteiger partial charge in [0, 0.05) is 84.3 Å². The normalized spacial score (nSPS) is 20.7. The molecule has 1 aromatic carbocycles. The first kappa shape index (κ1) is 26.0. The molecule has 3 heterocycles. The molecule has 0 bridgehead atoms. The zero-order valence-electron chi connectivity index (χ0n) is 22.3. The van der Waals surface area contributed by atoms with Crippen molar-refractivity contribution in [3.05, 3.63) is 52.3 Å². The standard InChI is InChI=1S/C29H38ClN5O2/c1-5-35(22-8-6-21(7-9-22)34-16-23(17-34)37-4)27-14-20(30)13-25-24(27)10-11-31-28(25)32-15-26-18(2)12-19(3)33-29(26)36/h10-14,21-23H,5-9,15-17H2,1-4H3,(H,31,32)(H,33,36)/t21-,22+. The summed E-state index contributed by atoms with van der Waals surface area (Å²) < 4.78 is 5.47. The summed E-state index contributed by atoms with van der Waals surface area (Å²) in [6.45, 7) is 9.60. The molecule has 3 aromatic rings. The van der Waals surface area contributed by atoms with Gasteiger partial charge in [0.05, 0.1) is 6.10 Å². The Bertz CT molecular complexity index is 1230. The molecule has 198 valence electrons. The predicted molar refractivity (Wildman–Crippen MR) is 151 cm³/mol. The van der Waals surface area contributed by atoms with Crippen molar-refractivity contribution in [1.82, 2.24) is 14.9 Å². The van der Waals surface area contributed by atoms with Crippen molar-refractivity contribution in [2.45, 2.75) is 71.2 Å². The Balaban J connectivity index is 1.36. The third kappa shape index (κ3) is 5.35. The first-order valence-corrected chi connectivity index (χ1v) is 13.8. The smallest absolute Gasteiger partial charge is 0.216 e. The number of ether oxygens (including phenoxy) is 1. The largest absolute Gasteiger partial charge is 0.493 e. The lowest BCUT2D eigenvalue weighted by atomic mass is 9.87. The maximum Gasteiger partial charge on any atom is 0.216 e. The highest BCUT2D eigenvalue weighted by atomic mass is 35.5. The Kier molecular flexibility index (Phi) is 7.75. The minimum atomic E-state index is 0.0627. The van der Waals surface area contributed by atoms with Crippen molar-refractivity contribution in [1.29, 1.82) is 0 Å². The number of benzene rings is 1. The number of aryl methyl sites for hydroxylation is 2. The van der Waals surface area contributed by atoms with Crippen LogP contribution in [0.1, 0.15) is 49.4 Å².